The molecule has 380 valence electrons. The Hall–Kier alpha value is -1.01. The number of amides is 1. The van der Waals surface area contributed by atoms with Crippen molar-refractivity contribution in [3.05, 3.63) is 0 Å². The largest absolute Gasteiger partial charge is 0.394 e. The van der Waals surface area contributed by atoms with E-state index in [0.717, 1.165) is 51.4 Å². The van der Waals surface area contributed by atoms with Gasteiger partial charge in [0.1, 0.15) is 48.8 Å². The Morgan fingerprint density at radius 2 is 0.891 bits per heavy atom. The maximum absolute atomic E-state index is 13.2. The lowest BCUT2D eigenvalue weighted by molar-refractivity contribution is -0.359. The summed E-state index contributed by atoms with van der Waals surface area (Å²) in [5, 5.41) is 86.9. The lowest BCUT2D eigenvalue weighted by atomic mass is 9.97. The van der Waals surface area contributed by atoms with Gasteiger partial charge in [0.2, 0.25) is 5.91 Å². The first kappa shape index (κ1) is 59.1. The highest BCUT2D eigenvalue weighted by Crippen LogP contribution is 2.30. The van der Waals surface area contributed by atoms with Gasteiger partial charge in [-0.05, 0) is 12.8 Å². The van der Waals surface area contributed by atoms with Gasteiger partial charge in [-0.3, -0.25) is 4.79 Å². The van der Waals surface area contributed by atoms with Crippen LogP contribution < -0.4 is 5.32 Å². The summed E-state index contributed by atoms with van der Waals surface area (Å²) >= 11 is 0. The highest BCUT2D eigenvalue weighted by Gasteiger charge is 2.51. The molecule has 2 saturated heterocycles. The molecule has 0 aromatic carbocycles. The fourth-order valence-electron chi connectivity index (χ4n) is 9.00. The van der Waals surface area contributed by atoms with Crippen LogP contribution in [-0.2, 0) is 23.7 Å². The summed E-state index contributed by atoms with van der Waals surface area (Å²) < 4.78 is 22.8. The predicted octanol–water partition coefficient (Wildman–Crippen LogP) is 7.00. The third-order valence-corrected chi connectivity index (χ3v) is 13.3. The Kier molecular flexibility index (Phi) is 35.0. The topological polar surface area (TPSA) is 228 Å². The average Bonchev–Trinajstić information content (AvgIpc) is 3.29. The second kappa shape index (κ2) is 37.9. The van der Waals surface area contributed by atoms with Gasteiger partial charge in [-0.2, -0.15) is 0 Å². The van der Waals surface area contributed by atoms with Crippen LogP contribution >= 0.6 is 0 Å². The van der Waals surface area contributed by atoms with E-state index in [4.69, 9.17) is 18.9 Å². The van der Waals surface area contributed by atoms with Crippen LogP contribution in [0.5, 0.6) is 0 Å². The van der Waals surface area contributed by atoms with Crippen LogP contribution in [0.1, 0.15) is 219 Å². The van der Waals surface area contributed by atoms with Gasteiger partial charge < -0.3 is 65.1 Å². The molecule has 1 amide bonds. The molecule has 0 spiro atoms. The Bertz CT molecular complexity index is 1090. The van der Waals surface area contributed by atoms with E-state index in [1.807, 2.05) is 0 Å². The Morgan fingerprint density at radius 1 is 0.500 bits per heavy atom. The number of hydrogen-bond acceptors (Lipinski definition) is 13. The Labute approximate surface area is 387 Å². The third kappa shape index (κ3) is 24.8. The molecule has 14 heteroatoms. The second-order valence-electron chi connectivity index (χ2n) is 19.0. The molecule has 2 heterocycles. The van der Waals surface area contributed by atoms with Gasteiger partial charge in [0.25, 0.3) is 0 Å². The number of rotatable bonds is 41. The van der Waals surface area contributed by atoms with E-state index < -0.39 is 86.8 Å². The highest BCUT2D eigenvalue weighted by molar-refractivity contribution is 5.76. The second-order valence-corrected chi connectivity index (χ2v) is 19.0. The Morgan fingerprint density at radius 3 is 1.33 bits per heavy atom. The fraction of sp³-hybridized carbons (Fsp3) is 0.980. The number of carbonyl (C=O) groups is 1. The van der Waals surface area contributed by atoms with Crippen molar-refractivity contribution in [2.75, 3.05) is 19.8 Å². The number of unbranched alkanes of at least 4 members (excludes halogenated alkanes) is 28. The van der Waals surface area contributed by atoms with Crippen molar-refractivity contribution in [1.82, 2.24) is 5.32 Å². The predicted molar refractivity (Wildman–Crippen MR) is 249 cm³/mol. The third-order valence-electron chi connectivity index (χ3n) is 13.3. The van der Waals surface area contributed by atoms with Crippen molar-refractivity contribution in [2.45, 2.75) is 293 Å². The molecule has 64 heavy (non-hydrogen) atoms. The zero-order valence-corrected chi connectivity index (χ0v) is 40.3. The molecule has 14 nitrogen and oxygen atoms in total. The van der Waals surface area contributed by atoms with E-state index in [1.54, 1.807) is 0 Å². The molecule has 2 aliphatic rings. The first-order valence-electron chi connectivity index (χ1n) is 26.3. The monoisotopic (exact) mass is 920 g/mol. The van der Waals surface area contributed by atoms with Crippen molar-refractivity contribution < 1.29 is 64.6 Å². The molecule has 12 unspecified atom stereocenters. The summed E-state index contributed by atoms with van der Waals surface area (Å²) in [5.74, 6) is -0.203. The number of ether oxygens (including phenoxy) is 4. The van der Waals surface area contributed by atoms with E-state index in [0.29, 0.717) is 12.8 Å². The van der Waals surface area contributed by atoms with E-state index in [-0.39, 0.29) is 12.5 Å². The zero-order chi connectivity index (χ0) is 46.8. The standard InChI is InChI=1S/C50H97NO13/c1-3-5-7-9-11-13-15-17-19-20-22-24-26-28-30-32-34-42(55)51-38(39(54)33-31-29-27-25-23-21-18-16-14-12-10-8-6-4-2)37-61-49-47(60)45(58)48(41(36-53)63-49)64-50-46(59)44(57)43(56)40(35-52)62-50/h38-41,43-50,52-54,56-60H,3-37H2,1-2H3,(H,51,55). The minimum absolute atomic E-state index is 0.203. The summed E-state index contributed by atoms with van der Waals surface area (Å²) in [4.78, 5) is 13.2. The number of aliphatic hydroxyl groups is 8. The van der Waals surface area contributed by atoms with Crippen LogP contribution in [0.25, 0.3) is 0 Å². The lowest BCUT2D eigenvalue weighted by Gasteiger charge is -2.46. The normalized spacial score (nSPS) is 27.2. The number of hydrogen-bond donors (Lipinski definition) is 9. The molecule has 0 bridgehead atoms. The molecule has 2 aliphatic heterocycles. The van der Waals surface area contributed by atoms with Crippen LogP contribution in [0.3, 0.4) is 0 Å². The molecular weight excluding hydrogens is 823 g/mol. The summed E-state index contributed by atoms with van der Waals surface area (Å²) in [5.41, 5.74) is 0. The van der Waals surface area contributed by atoms with Crippen LogP contribution in [-0.4, -0.2) is 140 Å². The molecule has 9 N–H and O–H groups in total. The van der Waals surface area contributed by atoms with E-state index in [2.05, 4.69) is 19.2 Å². The molecule has 0 radical (unpaired) electrons. The summed E-state index contributed by atoms with van der Waals surface area (Å²) in [6.07, 6.45) is 21.0. The average molecular weight is 920 g/mol. The molecule has 0 aromatic heterocycles. The summed E-state index contributed by atoms with van der Waals surface area (Å²) in [6.45, 7) is 2.87. The maximum atomic E-state index is 13.2. The minimum Gasteiger partial charge on any atom is -0.394 e. The van der Waals surface area contributed by atoms with Crippen molar-refractivity contribution in [3.63, 3.8) is 0 Å². The summed E-state index contributed by atoms with van der Waals surface area (Å²) in [6, 6.07) is -0.820. The van der Waals surface area contributed by atoms with Crippen LogP contribution in [0.4, 0.5) is 0 Å². The highest BCUT2D eigenvalue weighted by atomic mass is 16.7. The fourth-order valence-corrected chi connectivity index (χ4v) is 9.00. The maximum Gasteiger partial charge on any atom is 0.220 e. The van der Waals surface area contributed by atoms with Gasteiger partial charge in [-0.25, -0.2) is 0 Å². The lowest BCUT2D eigenvalue weighted by Crippen LogP contribution is -2.65. The molecular formula is C50H97NO13. The van der Waals surface area contributed by atoms with Crippen LogP contribution in [0, 0.1) is 0 Å². The zero-order valence-electron chi connectivity index (χ0n) is 40.3. The van der Waals surface area contributed by atoms with Crippen molar-refractivity contribution in [2.24, 2.45) is 0 Å². The summed E-state index contributed by atoms with van der Waals surface area (Å²) in [7, 11) is 0. The first-order valence-corrected chi connectivity index (χ1v) is 26.3. The van der Waals surface area contributed by atoms with Gasteiger partial charge >= 0.3 is 0 Å². The van der Waals surface area contributed by atoms with Crippen molar-refractivity contribution >= 4 is 5.91 Å². The molecule has 0 aliphatic carbocycles. The van der Waals surface area contributed by atoms with E-state index >= 15 is 0 Å². The minimum atomic E-state index is -1.78. The first-order chi connectivity index (χ1) is 31.1. The smallest absolute Gasteiger partial charge is 0.220 e. The van der Waals surface area contributed by atoms with Gasteiger partial charge in [0.05, 0.1) is 32.0 Å². The van der Waals surface area contributed by atoms with Gasteiger partial charge in [0.15, 0.2) is 12.6 Å². The van der Waals surface area contributed by atoms with E-state index in [9.17, 15) is 45.6 Å². The molecule has 2 rings (SSSR count). The van der Waals surface area contributed by atoms with Crippen molar-refractivity contribution in [1.29, 1.82) is 0 Å². The number of carbonyl (C=O) groups excluding carboxylic acids is 1. The van der Waals surface area contributed by atoms with Gasteiger partial charge in [0, 0.05) is 6.42 Å². The molecule has 2 fully saturated rings. The van der Waals surface area contributed by atoms with Gasteiger partial charge in [-0.15, -0.1) is 0 Å². The quantitative estimate of drug-likeness (QED) is 0.0282. The van der Waals surface area contributed by atoms with E-state index in [1.165, 1.54) is 141 Å². The number of aliphatic hydroxyl groups excluding tert-OH is 8. The van der Waals surface area contributed by atoms with Gasteiger partial charge in [-0.1, -0.05) is 200 Å². The molecule has 12 atom stereocenters. The Balaban J connectivity index is 1.82. The van der Waals surface area contributed by atoms with Crippen molar-refractivity contribution in [3.8, 4) is 0 Å². The molecule has 0 saturated carbocycles. The van der Waals surface area contributed by atoms with Crippen LogP contribution in [0.2, 0.25) is 0 Å². The number of nitrogens with one attached hydrogen (secondary N) is 1. The molecule has 0 aromatic rings. The SMILES string of the molecule is CCCCCCCCCCCCCCCCCCC(=O)NC(COC1OC(CO)C(OC2OC(CO)C(O)C(O)C2O)C(O)C1O)C(O)CCCCCCCCCCCCCCCC. The van der Waals surface area contributed by atoms with Crippen LogP contribution in [0.15, 0.2) is 0 Å².